The smallest absolute Gasteiger partial charge is 0.321 e. The number of rotatable bonds is 6. The van der Waals surface area contributed by atoms with Gasteiger partial charge in [-0.2, -0.15) is 0 Å². The summed E-state index contributed by atoms with van der Waals surface area (Å²) in [7, 11) is 0. The number of pyridine rings is 1. The molecule has 26 heavy (non-hydrogen) atoms. The number of para-hydroxylation sites is 1. The highest BCUT2D eigenvalue weighted by Gasteiger charge is 2.08. The molecule has 132 valence electrons. The zero-order valence-corrected chi connectivity index (χ0v) is 15.0. The quantitative estimate of drug-likeness (QED) is 0.653. The van der Waals surface area contributed by atoms with Gasteiger partial charge in [0.2, 0.25) is 5.91 Å². The molecule has 0 bridgehead atoms. The summed E-state index contributed by atoms with van der Waals surface area (Å²) in [6, 6.07) is 19.0. The lowest BCUT2D eigenvalue weighted by Crippen LogP contribution is -2.39. The van der Waals surface area contributed by atoms with Crippen molar-refractivity contribution in [3.8, 4) is 0 Å². The van der Waals surface area contributed by atoms with Crippen LogP contribution in [0.3, 0.4) is 0 Å². The number of fused-ring (bicyclic) bond motifs is 1. The van der Waals surface area contributed by atoms with Crippen molar-refractivity contribution in [3.63, 3.8) is 0 Å². The molecule has 1 heterocycles. The van der Waals surface area contributed by atoms with E-state index < -0.39 is 6.03 Å². The topological polar surface area (TPSA) is 71.1 Å². The molecule has 3 amide bonds. The number of imide groups is 1. The maximum Gasteiger partial charge on any atom is 0.321 e. The lowest BCUT2D eigenvalue weighted by Gasteiger charge is -2.07. The first-order valence-corrected chi connectivity index (χ1v) is 9.29. The standard InChI is InChI=1S/C20H19N3O2S/c24-18(23-20(25)22-14-15-6-2-1-3-7-15)11-13-26-17-10-4-8-16-9-5-12-21-19(16)17/h1-10,12H,11,13-14H2,(H2,22,23,24,25). The SMILES string of the molecule is O=C(CCSc1cccc2cccnc12)NC(=O)NCc1ccccc1. The highest BCUT2D eigenvalue weighted by atomic mass is 32.2. The number of benzene rings is 2. The van der Waals surface area contributed by atoms with Crippen LogP contribution in [-0.4, -0.2) is 22.7 Å². The molecule has 6 heteroatoms. The molecule has 5 nitrogen and oxygen atoms in total. The number of urea groups is 1. The highest BCUT2D eigenvalue weighted by Crippen LogP contribution is 2.26. The molecule has 2 N–H and O–H groups in total. The largest absolute Gasteiger partial charge is 0.334 e. The number of carbonyl (C=O) groups is 2. The summed E-state index contributed by atoms with van der Waals surface area (Å²) >= 11 is 1.56. The molecule has 3 aromatic rings. The summed E-state index contributed by atoms with van der Waals surface area (Å²) in [5, 5.41) is 6.10. The van der Waals surface area contributed by atoms with Crippen molar-refractivity contribution in [2.75, 3.05) is 5.75 Å². The second-order valence-corrected chi connectivity index (χ2v) is 6.78. The lowest BCUT2D eigenvalue weighted by molar-refractivity contribution is -0.119. The summed E-state index contributed by atoms with van der Waals surface area (Å²) < 4.78 is 0. The van der Waals surface area contributed by atoms with E-state index in [1.807, 2.05) is 60.7 Å². The van der Waals surface area contributed by atoms with Gasteiger partial charge in [-0.05, 0) is 17.7 Å². The minimum atomic E-state index is -0.476. The van der Waals surface area contributed by atoms with Gasteiger partial charge in [-0.25, -0.2) is 4.79 Å². The second-order valence-electron chi connectivity index (χ2n) is 5.65. The average Bonchev–Trinajstić information content (AvgIpc) is 2.67. The van der Waals surface area contributed by atoms with Crippen molar-refractivity contribution in [1.82, 2.24) is 15.6 Å². The fourth-order valence-corrected chi connectivity index (χ4v) is 3.45. The number of aromatic nitrogens is 1. The van der Waals surface area contributed by atoms with Crippen LogP contribution in [0.4, 0.5) is 4.79 Å². The molecule has 0 saturated carbocycles. The fraction of sp³-hybridized carbons (Fsp3) is 0.150. The molecule has 0 unspecified atom stereocenters. The Morgan fingerprint density at radius 2 is 1.77 bits per heavy atom. The number of hydrogen-bond acceptors (Lipinski definition) is 4. The Morgan fingerprint density at radius 1 is 0.962 bits per heavy atom. The zero-order chi connectivity index (χ0) is 18.2. The predicted octanol–water partition coefficient (Wildman–Crippen LogP) is 3.74. The van der Waals surface area contributed by atoms with Gasteiger partial charge in [0.1, 0.15) is 0 Å². The average molecular weight is 365 g/mol. The van der Waals surface area contributed by atoms with Crippen LogP contribution >= 0.6 is 11.8 Å². The van der Waals surface area contributed by atoms with Crippen molar-refractivity contribution in [3.05, 3.63) is 72.4 Å². The van der Waals surface area contributed by atoms with E-state index in [9.17, 15) is 9.59 Å². The summed E-state index contributed by atoms with van der Waals surface area (Å²) in [5.74, 6) is 0.282. The zero-order valence-electron chi connectivity index (χ0n) is 14.1. The van der Waals surface area contributed by atoms with E-state index in [0.717, 1.165) is 21.4 Å². The summed E-state index contributed by atoms with van der Waals surface area (Å²) in [6.07, 6.45) is 2.02. The Bertz CT molecular complexity index is 894. The van der Waals surface area contributed by atoms with Crippen LogP contribution in [0.25, 0.3) is 10.9 Å². The van der Waals surface area contributed by atoms with Gasteiger partial charge in [0.25, 0.3) is 0 Å². The molecule has 0 aliphatic heterocycles. The van der Waals surface area contributed by atoms with Crippen LogP contribution in [0.1, 0.15) is 12.0 Å². The Morgan fingerprint density at radius 3 is 2.62 bits per heavy atom. The van der Waals surface area contributed by atoms with Crippen molar-refractivity contribution in [2.45, 2.75) is 17.9 Å². The van der Waals surface area contributed by atoms with Crippen molar-refractivity contribution >= 4 is 34.6 Å². The first-order chi connectivity index (χ1) is 12.7. The number of nitrogens with one attached hydrogen (secondary N) is 2. The van der Waals surface area contributed by atoms with E-state index in [1.54, 1.807) is 18.0 Å². The second kappa shape index (κ2) is 9.01. The lowest BCUT2D eigenvalue weighted by atomic mass is 10.2. The molecule has 3 rings (SSSR count). The van der Waals surface area contributed by atoms with Crippen molar-refractivity contribution < 1.29 is 9.59 Å². The third kappa shape index (κ3) is 5.07. The number of amides is 3. The predicted molar refractivity (Wildman–Crippen MR) is 104 cm³/mol. The molecule has 0 saturated heterocycles. The van der Waals surface area contributed by atoms with E-state index in [-0.39, 0.29) is 12.3 Å². The monoisotopic (exact) mass is 365 g/mol. The van der Waals surface area contributed by atoms with E-state index in [4.69, 9.17) is 0 Å². The third-order valence-electron chi connectivity index (χ3n) is 3.73. The van der Waals surface area contributed by atoms with Crippen LogP contribution < -0.4 is 10.6 Å². The van der Waals surface area contributed by atoms with Gasteiger partial charge >= 0.3 is 6.03 Å². The van der Waals surface area contributed by atoms with Gasteiger partial charge in [-0.15, -0.1) is 11.8 Å². The fourth-order valence-electron chi connectivity index (χ4n) is 2.46. The normalized spacial score (nSPS) is 10.5. The van der Waals surface area contributed by atoms with Crippen LogP contribution in [0.15, 0.2) is 71.8 Å². The molecule has 0 radical (unpaired) electrons. The molecule has 0 spiro atoms. The molecule has 0 aliphatic carbocycles. The van der Waals surface area contributed by atoms with E-state index in [1.165, 1.54) is 0 Å². The third-order valence-corrected chi connectivity index (χ3v) is 4.78. The summed E-state index contributed by atoms with van der Waals surface area (Å²) in [5.41, 5.74) is 1.91. The minimum absolute atomic E-state index is 0.257. The van der Waals surface area contributed by atoms with Gasteiger partial charge in [-0.3, -0.25) is 15.1 Å². The number of hydrogen-bond donors (Lipinski definition) is 2. The minimum Gasteiger partial charge on any atom is -0.334 e. The maximum absolute atomic E-state index is 11.9. The molecule has 0 aliphatic rings. The van der Waals surface area contributed by atoms with Crippen molar-refractivity contribution in [2.24, 2.45) is 0 Å². The van der Waals surface area contributed by atoms with E-state index in [0.29, 0.717) is 12.3 Å². The Kier molecular flexibility index (Phi) is 6.22. The first-order valence-electron chi connectivity index (χ1n) is 8.30. The molecule has 1 aromatic heterocycles. The van der Waals surface area contributed by atoms with Crippen LogP contribution in [0.2, 0.25) is 0 Å². The summed E-state index contributed by atoms with van der Waals surface area (Å²) in [6.45, 7) is 0.385. The van der Waals surface area contributed by atoms with Gasteiger partial charge in [0, 0.05) is 35.2 Å². The molecular weight excluding hydrogens is 346 g/mol. The maximum atomic E-state index is 11.9. The Hall–Kier alpha value is -2.86. The van der Waals surface area contributed by atoms with E-state index in [2.05, 4.69) is 15.6 Å². The Balaban J connectivity index is 1.43. The molecule has 0 atom stereocenters. The molecular formula is C20H19N3O2S. The highest BCUT2D eigenvalue weighted by molar-refractivity contribution is 7.99. The van der Waals surface area contributed by atoms with Gasteiger partial charge in [-0.1, -0.05) is 48.5 Å². The number of nitrogens with zero attached hydrogens (tertiary/aromatic N) is 1. The van der Waals surface area contributed by atoms with Gasteiger partial charge in [0.05, 0.1) is 5.52 Å². The van der Waals surface area contributed by atoms with Crippen molar-refractivity contribution in [1.29, 1.82) is 0 Å². The van der Waals surface area contributed by atoms with Gasteiger partial charge < -0.3 is 5.32 Å². The van der Waals surface area contributed by atoms with Crippen LogP contribution in [-0.2, 0) is 11.3 Å². The van der Waals surface area contributed by atoms with Crippen LogP contribution in [0, 0.1) is 0 Å². The molecule has 0 fully saturated rings. The number of thioether (sulfide) groups is 1. The van der Waals surface area contributed by atoms with Crippen LogP contribution in [0.5, 0.6) is 0 Å². The number of carbonyl (C=O) groups excluding carboxylic acids is 2. The molecule has 2 aromatic carbocycles. The van der Waals surface area contributed by atoms with E-state index >= 15 is 0 Å². The van der Waals surface area contributed by atoms with Gasteiger partial charge in [0.15, 0.2) is 0 Å². The summed E-state index contributed by atoms with van der Waals surface area (Å²) in [4.78, 5) is 29.1. The Labute approximate surface area is 156 Å². The first kappa shape index (κ1) is 17.9.